The number of nitro benzene ring substituents is 1. The molecule has 0 fully saturated rings. The van der Waals surface area contributed by atoms with Gasteiger partial charge in [-0.3, -0.25) is 10.1 Å². The lowest BCUT2D eigenvalue weighted by molar-refractivity contribution is -0.384. The third kappa shape index (κ3) is 3.15. The molecule has 1 aromatic rings. The zero-order valence-electron chi connectivity index (χ0n) is 8.67. The van der Waals surface area contributed by atoms with Crippen molar-refractivity contribution in [2.75, 3.05) is 6.61 Å². The van der Waals surface area contributed by atoms with Crippen molar-refractivity contribution in [1.82, 2.24) is 0 Å². The zero-order valence-corrected chi connectivity index (χ0v) is 8.67. The molecule has 17 heavy (non-hydrogen) atoms. The van der Waals surface area contributed by atoms with E-state index in [1.165, 1.54) is 24.3 Å². The Morgan fingerprint density at radius 3 is 2.47 bits per heavy atom. The molecule has 0 saturated heterocycles. The Hall–Kier alpha value is -2.15. The minimum Gasteiger partial charge on any atom is -0.396 e. The predicted octanol–water partition coefficient (Wildman–Crippen LogP) is 1.30. The van der Waals surface area contributed by atoms with E-state index in [0.29, 0.717) is 5.56 Å². The summed E-state index contributed by atoms with van der Waals surface area (Å²) in [6, 6.07) is 4.13. The summed E-state index contributed by atoms with van der Waals surface area (Å²) < 4.78 is 0. The van der Waals surface area contributed by atoms with Gasteiger partial charge in [-0.05, 0) is 23.2 Å². The first-order valence-corrected chi connectivity index (χ1v) is 4.67. The van der Waals surface area contributed by atoms with Gasteiger partial charge in [-0.25, -0.2) is 0 Å². The Labute approximate surface area is 95.9 Å². The minimum atomic E-state index is -1.20. The predicted molar refractivity (Wildman–Crippen MR) is 58.1 cm³/mol. The first kappa shape index (κ1) is 12.9. The van der Waals surface area contributed by atoms with Crippen LogP contribution in [-0.4, -0.2) is 27.8 Å². The molecular weight excluding hydrogens is 228 g/mol. The lowest BCUT2D eigenvalue weighted by Crippen LogP contribution is -2.19. The molecule has 0 heterocycles. The summed E-state index contributed by atoms with van der Waals surface area (Å²) in [5, 5.41) is 32.3. The van der Waals surface area contributed by atoms with E-state index in [-0.39, 0.29) is 5.69 Å². The van der Waals surface area contributed by atoms with E-state index in [1.807, 2.05) is 0 Å². The van der Waals surface area contributed by atoms with Crippen molar-refractivity contribution in [1.29, 1.82) is 0 Å². The molecule has 0 saturated carbocycles. The van der Waals surface area contributed by atoms with Crippen molar-refractivity contribution in [2.24, 2.45) is 5.11 Å². The lowest BCUT2D eigenvalue weighted by Gasteiger charge is -2.15. The molecule has 1 rings (SSSR count). The second-order valence-electron chi connectivity index (χ2n) is 3.25. The fraction of sp³-hybridized carbons (Fsp3) is 0.333. The van der Waals surface area contributed by atoms with Gasteiger partial charge < -0.3 is 10.2 Å². The largest absolute Gasteiger partial charge is 0.396 e. The summed E-state index contributed by atoms with van der Waals surface area (Å²) in [7, 11) is 0. The second kappa shape index (κ2) is 5.80. The monoisotopic (exact) mass is 238 g/mol. The van der Waals surface area contributed by atoms with Crippen LogP contribution >= 0.6 is 0 Å². The fourth-order valence-corrected chi connectivity index (χ4v) is 1.28. The van der Waals surface area contributed by atoms with Crippen molar-refractivity contribution in [3.05, 3.63) is 50.4 Å². The van der Waals surface area contributed by atoms with Crippen LogP contribution < -0.4 is 0 Å². The van der Waals surface area contributed by atoms with Crippen LogP contribution in [0, 0.1) is 10.1 Å². The van der Waals surface area contributed by atoms with Crippen LogP contribution in [0.3, 0.4) is 0 Å². The molecule has 0 radical (unpaired) electrons. The van der Waals surface area contributed by atoms with Crippen molar-refractivity contribution in [3.8, 4) is 0 Å². The number of benzene rings is 1. The highest BCUT2D eigenvalue weighted by Crippen LogP contribution is 2.21. The second-order valence-corrected chi connectivity index (χ2v) is 3.25. The third-order valence-corrected chi connectivity index (χ3v) is 2.20. The summed E-state index contributed by atoms with van der Waals surface area (Å²) in [6.45, 7) is -0.512. The summed E-state index contributed by atoms with van der Waals surface area (Å²) in [4.78, 5) is 12.3. The molecule has 0 amide bonds. The molecule has 0 aliphatic rings. The Morgan fingerprint density at radius 1 is 1.47 bits per heavy atom. The maximum Gasteiger partial charge on any atom is 0.269 e. The number of nitro groups is 1. The fourth-order valence-electron chi connectivity index (χ4n) is 1.28. The van der Waals surface area contributed by atoms with Crippen LogP contribution in [0.15, 0.2) is 29.4 Å². The lowest BCUT2D eigenvalue weighted by atomic mass is 10.0. The summed E-state index contributed by atoms with van der Waals surface area (Å²) in [6.07, 6.45) is -1.20. The average Bonchev–Trinajstić information content (AvgIpc) is 2.35. The molecule has 0 aromatic heterocycles. The van der Waals surface area contributed by atoms with Gasteiger partial charge in [0.25, 0.3) is 5.69 Å². The first-order valence-electron chi connectivity index (χ1n) is 4.67. The standard InChI is InChI=1S/C9H10N4O4/c10-12-11-8(5-14)9(15)6-1-3-7(4-2-6)13(16)17/h1-4,8-9,14-15H,5H2. The van der Waals surface area contributed by atoms with Crippen molar-refractivity contribution in [2.45, 2.75) is 12.1 Å². The zero-order chi connectivity index (χ0) is 12.8. The quantitative estimate of drug-likeness (QED) is 0.263. The molecule has 90 valence electrons. The van der Waals surface area contributed by atoms with E-state index < -0.39 is 23.7 Å². The first-order chi connectivity index (χ1) is 8.10. The maximum absolute atomic E-state index is 10.4. The van der Waals surface area contributed by atoms with E-state index in [2.05, 4.69) is 10.0 Å². The van der Waals surface area contributed by atoms with Gasteiger partial charge in [-0.15, -0.1) is 0 Å². The Kier molecular flexibility index (Phi) is 4.41. The molecule has 2 atom stereocenters. The average molecular weight is 238 g/mol. The number of rotatable bonds is 5. The van der Waals surface area contributed by atoms with E-state index >= 15 is 0 Å². The molecular formula is C9H10N4O4. The molecule has 0 aliphatic heterocycles. The highest BCUT2D eigenvalue weighted by molar-refractivity contribution is 5.34. The smallest absolute Gasteiger partial charge is 0.269 e. The number of hydrogen-bond acceptors (Lipinski definition) is 5. The van der Waals surface area contributed by atoms with Gasteiger partial charge >= 0.3 is 0 Å². The third-order valence-electron chi connectivity index (χ3n) is 2.20. The molecule has 0 aliphatic carbocycles. The van der Waals surface area contributed by atoms with Gasteiger partial charge in [-0.1, -0.05) is 5.11 Å². The van der Waals surface area contributed by atoms with Crippen LogP contribution in [0.4, 0.5) is 5.69 Å². The van der Waals surface area contributed by atoms with Crippen molar-refractivity contribution < 1.29 is 15.1 Å². The highest BCUT2D eigenvalue weighted by Gasteiger charge is 2.19. The van der Waals surface area contributed by atoms with Crippen LogP contribution in [0.5, 0.6) is 0 Å². The number of aliphatic hydroxyl groups is 2. The molecule has 2 N–H and O–H groups in total. The molecule has 0 spiro atoms. The van der Waals surface area contributed by atoms with Crippen molar-refractivity contribution in [3.63, 3.8) is 0 Å². The Balaban J connectivity index is 2.92. The normalized spacial score (nSPS) is 13.5. The molecule has 8 nitrogen and oxygen atoms in total. The summed E-state index contributed by atoms with van der Waals surface area (Å²) in [5.41, 5.74) is 8.46. The molecule has 0 bridgehead atoms. The SMILES string of the molecule is [N-]=[N+]=NC(CO)C(O)c1ccc([N+](=O)[O-])cc1. The van der Waals surface area contributed by atoms with Crippen LogP contribution in [0.25, 0.3) is 10.4 Å². The van der Waals surface area contributed by atoms with Crippen LogP contribution in [0.2, 0.25) is 0 Å². The Bertz CT molecular complexity index is 441. The summed E-state index contributed by atoms with van der Waals surface area (Å²) in [5.74, 6) is 0. The maximum atomic E-state index is 10.4. The van der Waals surface area contributed by atoms with E-state index in [9.17, 15) is 15.2 Å². The number of aliphatic hydroxyl groups excluding tert-OH is 2. The number of non-ortho nitro benzene ring substituents is 1. The van der Waals surface area contributed by atoms with E-state index in [0.717, 1.165) is 0 Å². The molecule has 1 aromatic carbocycles. The summed E-state index contributed by atoms with van der Waals surface area (Å²) >= 11 is 0. The van der Waals surface area contributed by atoms with Gasteiger partial charge in [0, 0.05) is 17.0 Å². The van der Waals surface area contributed by atoms with E-state index in [4.69, 9.17) is 10.6 Å². The van der Waals surface area contributed by atoms with Gasteiger partial charge in [0.2, 0.25) is 0 Å². The van der Waals surface area contributed by atoms with Gasteiger partial charge in [-0.2, -0.15) is 0 Å². The molecule has 2 unspecified atom stereocenters. The molecule has 8 heteroatoms. The van der Waals surface area contributed by atoms with Gasteiger partial charge in [0.1, 0.15) is 0 Å². The number of azide groups is 1. The van der Waals surface area contributed by atoms with Crippen LogP contribution in [-0.2, 0) is 0 Å². The van der Waals surface area contributed by atoms with Gasteiger partial charge in [0.05, 0.1) is 23.7 Å². The van der Waals surface area contributed by atoms with Crippen LogP contribution in [0.1, 0.15) is 11.7 Å². The van der Waals surface area contributed by atoms with Gasteiger partial charge in [0.15, 0.2) is 0 Å². The minimum absolute atomic E-state index is 0.106. The van der Waals surface area contributed by atoms with Crippen molar-refractivity contribution >= 4 is 5.69 Å². The topological polar surface area (TPSA) is 132 Å². The van der Waals surface area contributed by atoms with E-state index in [1.54, 1.807) is 0 Å². The number of nitrogens with zero attached hydrogens (tertiary/aromatic N) is 4. The number of hydrogen-bond donors (Lipinski definition) is 2. The highest BCUT2D eigenvalue weighted by atomic mass is 16.6. The Morgan fingerprint density at radius 2 is 2.06 bits per heavy atom.